The highest BCUT2D eigenvalue weighted by molar-refractivity contribution is 5.85. The van der Waals surface area contributed by atoms with Crippen LogP contribution in [-0.2, 0) is 17.8 Å². The van der Waals surface area contributed by atoms with Gasteiger partial charge < -0.3 is 10.6 Å². The second kappa shape index (κ2) is 7.84. The Balaban J connectivity index is 0.00000176. The Kier molecular flexibility index (Phi) is 6.09. The number of nitrogens with zero attached hydrogens (tertiary/aromatic N) is 1. The quantitative estimate of drug-likeness (QED) is 0.894. The maximum absolute atomic E-state index is 11.0. The third-order valence-electron chi connectivity index (χ3n) is 4.67. The fourth-order valence-electron chi connectivity index (χ4n) is 3.42. The van der Waals surface area contributed by atoms with E-state index in [0.29, 0.717) is 5.92 Å². The number of anilines is 1. The molecule has 1 saturated heterocycles. The van der Waals surface area contributed by atoms with E-state index in [2.05, 4.69) is 33.7 Å². The van der Waals surface area contributed by atoms with Crippen LogP contribution in [0.5, 0.6) is 0 Å². The minimum Gasteiger partial charge on any atom is -0.384 e. The molecule has 2 N–H and O–H groups in total. The summed E-state index contributed by atoms with van der Waals surface area (Å²) in [4.78, 5) is 13.5. The average Bonchev–Trinajstić information content (AvgIpc) is 2.96. The van der Waals surface area contributed by atoms with Crippen LogP contribution in [0.25, 0.3) is 0 Å². The predicted octanol–water partition coefficient (Wildman–Crippen LogP) is 2.42. The molecule has 22 heavy (non-hydrogen) atoms. The Hall–Kier alpha value is -1.26. The Morgan fingerprint density at radius 1 is 1.36 bits per heavy atom. The van der Waals surface area contributed by atoms with Gasteiger partial charge in [0.1, 0.15) is 0 Å². The lowest BCUT2D eigenvalue weighted by atomic mass is 9.96. The van der Waals surface area contributed by atoms with Crippen molar-refractivity contribution in [3.8, 4) is 0 Å². The van der Waals surface area contributed by atoms with Crippen molar-refractivity contribution < 1.29 is 4.79 Å². The van der Waals surface area contributed by atoms with Crippen molar-refractivity contribution in [1.29, 1.82) is 0 Å². The number of hydrogen-bond donors (Lipinski definition) is 2. The first-order chi connectivity index (χ1) is 10.2. The lowest BCUT2D eigenvalue weighted by Gasteiger charge is -2.32. The number of amides is 1. The van der Waals surface area contributed by atoms with Crippen molar-refractivity contribution in [2.24, 2.45) is 5.92 Å². The Labute approximate surface area is 139 Å². The van der Waals surface area contributed by atoms with E-state index in [4.69, 9.17) is 0 Å². The van der Waals surface area contributed by atoms with E-state index in [1.54, 1.807) is 6.92 Å². The summed E-state index contributed by atoms with van der Waals surface area (Å²) in [5.41, 5.74) is 4.27. The molecule has 2 heterocycles. The standard InChI is InChI=1S/C17H25N3O.ClH/c1-13(21)19-11-14-6-9-20(10-7-14)12-16-4-2-3-15-5-8-18-17(15)16;/h2-4,14,18H,5-12H2,1H3,(H,19,21);1H. The molecule has 0 saturated carbocycles. The normalized spacial score (nSPS) is 18.2. The lowest BCUT2D eigenvalue weighted by molar-refractivity contribution is -0.119. The Morgan fingerprint density at radius 2 is 2.14 bits per heavy atom. The molecule has 1 aromatic rings. The number of piperidine rings is 1. The number of benzene rings is 1. The van der Waals surface area contributed by atoms with Crippen molar-refractivity contribution in [3.63, 3.8) is 0 Å². The largest absolute Gasteiger partial charge is 0.384 e. The first-order valence-corrected chi connectivity index (χ1v) is 8.04. The van der Waals surface area contributed by atoms with E-state index < -0.39 is 0 Å². The zero-order chi connectivity index (χ0) is 14.7. The molecule has 3 rings (SSSR count). The van der Waals surface area contributed by atoms with Gasteiger partial charge in [-0.3, -0.25) is 9.69 Å². The van der Waals surface area contributed by atoms with Gasteiger partial charge in [-0.15, -0.1) is 12.4 Å². The molecule has 0 atom stereocenters. The van der Waals surface area contributed by atoms with Gasteiger partial charge in [0.2, 0.25) is 5.91 Å². The molecule has 2 aliphatic rings. The highest BCUT2D eigenvalue weighted by Gasteiger charge is 2.21. The summed E-state index contributed by atoms with van der Waals surface area (Å²) in [5, 5.41) is 6.47. The summed E-state index contributed by atoms with van der Waals surface area (Å²) < 4.78 is 0. The second-order valence-electron chi connectivity index (χ2n) is 6.28. The van der Waals surface area contributed by atoms with Gasteiger partial charge in [-0.2, -0.15) is 0 Å². The number of rotatable bonds is 4. The first kappa shape index (κ1) is 17.1. The van der Waals surface area contributed by atoms with Gasteiger partial charge in [0, 0.05) is 32.2 Å². The molecule has 2 aliphatic heterocycles. The SMILES string of the molecule is CC(=O)NCC1CCN(Cc2cccc3c2NCC3)CC1.Cl. The van der Waals surface area contributed by atoms with Crippen molar-refractivity contribution in [2.45, 2.75) is 32.7 Å². The molecule has 5 heteroatoms. The molecule has 0 aliphatic carbocycles. The van der Waals surface area contributed by atoms with Crippen molar-refractivity contribution in [3.05, 3.63) is 29.3 Å². The molecule has 1 aromatic carbocycles. The molecule has 0 aromatic heterocycles. The number of para-hydroxylation sites is 1. The monoisotopic (exact) mass is 323 g/mol. The topological polar surface area (TPSA) is 44.4 Å². The van der Waals surface area contributed by atoms with E-state index >= 15 is 0 Å². The lowest BCUT2D eigenvalue weighted by Crippen LogP contribution is -2.37. The summed E-state index contributed by atoms with van der Waals surface area (Å²) >= 11 is 0. The van der Waals surface area contributed by atoms with Crippen LogP contribution in [0.4, 0.5) is 5.69 Å². The van der Waals surface area contributed by atoms with E-state index in [9.17, 15) is 4.79 Å². The number of carbonyl (C=O) groups is 1. The van der Waals surface area contributed by atoms with Crippen LogP contribution < -0.4 is 10.6 Å². The van der Waals surface area contributed by atoms with Gasteiger partial charge in [-0.1, -0.05) is 18.2 Å². The minimum atomic E-state index is 0. The summed E-state index contributed by atoms with van der Waals surface area (Å²) in [7, 11) is 0. The molecule has 0 unspecified atom stereocenters. The van der Waals surface area contributed by atoms with E-state index in [-0.39, 0.29) is 18.3 Å². The fraction of sp³-hybridized carbons (Fsp3) is 0.588. The van der Waals surface area contributed by atoms with Gasteiger partial charge in [0.05, 0.1) is 0 Å². The number of fused-ring (bicyclic) bond motifs is 1. The summed E-state index contributed by atoms with van der Waals surface area (Å²) in [6, 6.07) is 6.67. The number of hydrogen-bond acceptors (Lipinski definition) is 3. The summed E-state index contributed by atoms with van der Waals surface area (Å²) in [6.07, 6.45) is 3.52. The highest BCUT2D eigenvalue weighted by Crippen LogP contribution is 2.28. The maximum atomic E-state index is 11.0. The van der Waals surface area contributed by atoms with Crippen LogP contribution in [0, 0.1) is 5.92 Å². The third-order valence-corrected chi connectivity index (χ3v) is 4.67. The zero-order valence-corrected chi connectivity index (χ0v) is 14.0. The minimum absolute atomic E-state index is 0. The highest BCUT2D eigenvalue weighted by atomic mass is 35.5. The summed E-state index contributed by atoms with van der Waals surface area (Å²) in [6.45, 7) is 6.82. The van der Waals surface area contributed by atoms with Gasteiger partial charge in [-0.25, -0.2) is 0 Å². The van der Waals surface area contributed by atoms with Gasteiger partial charge in [0.15, 0.2) is 0 Å². The number of nitrogens with one attached hydrogen (secondary N) is 2. The Bertz CT molecular complexity index is 513. The summed E-state index contributed by atoms with van der Waals surface area (Å²) in [5.74, 6) is 0.730. The Morgan fingerprint density at radius 3 is 2.86 bits per heavy atom. The van der Waals surface area contributed by atoms with E-state index in [1.165, 1.54) is 29.7 Å². The average molecular weight is 324 g/mol. The third kappa shape index (κ3) is 4.14. The van der Waals surface area contributed by atoms with E-state index in [0.717, 1.165) is 39.1 Å². The van der Waals surface area contributed by atoms with Gasteiger partial charge in [-0.05, 0) is 49.4 Å². The fourth-order valence-corrected chi connectivity index (χ4v) is 3.42. The van der Waals surface area contributed by atoms with Crippen LogP contribution in [0.3, 0.4) is 0 Å². The predicted molar refractivity (Wildman–Crippen MR) is 92.6 cm³/mol. The molecular formula is C17H26ClN3O. The van der Waals surface area contributed by atoms with Crippen LogP contribution >= 0.6 is 12.4 Å². The van der Waals surface area contributed by atoms with Gasteiger partial charge in [0.25, 0.3) is 0 Å². The van der Waals surface area contributed by atoms with Crippen LogP contribution in [0.1, 0.15) is 30.9 Å². The van der Waals surface area contributed by atoms with Gasteiger partial charge >= 0.3 is 0 Å². The molecule has 0 bridgehead atoms. The molecule has 4 nitrogen and oxygen atoms in total. The van der Waals surface area contributed by atoms with Crippen LogP contribution in [0.2, 0.25) is 0 Å². The molecule has 0 radical (unpaired) electrons. The van der Waals surface area contributed by atoms with Crippen molar-refractivity contribution >= 4 is 24.0 Å². The van der Waals surface area contributed by atoms with Crippen LogP contribution in [-0.4, -0.2) is 37.0 Å². The first-order valence-electron chi connectivity index (χ1n) is 8.04. The molecular weight excluding hydrogens is 298 g/mol. The van der Waals surface area contributed by atoms with Crippen LogP contribution in [0.15, 0.2) is 18.2 Å². The molecule has 0 spiro atoms. The van der Waals surface area contributed by atoms with E-state index in [1.807, 2.05) is 0 Å². The maximum Gasteiger partial charge on any atom is 0.216 e. The number of carbonyl (C=O) groups excluding carboxylic acids is 1. The zero-order valence-electron chi connectivity index (χ0n) is 13.2. The van der Waals surface area contributed by atoms with Crippen molar-refractivity contribution in [2.75, 3.05) is 31.5 Å². The number of halogens is 1. The smallest absolute Gasteiger partial charge is 0.216 e. The molecule has 1 fully saturated rings. The molecule has 1 amide bonds. The molecule has 122 valence electrons. The number of likely N-dealkylation sites (tertiary alicyclic amines) is 1. The van der Waals surface area contributed by atoms with Crippen molar-refractivity contribution in [1.82, 2.24) is 10.2 Å². The second-order valence-corrected chi connectivity index (χ2v) is 6.28.